The predicted octanol–water partition coefficient (Wildman–Crippen LogP) is 4.73. The number of benzene rings is 3. The van der Waals surface area contributed by atoms with Crippen LogP contribution >= 0.6 is 0 Å². The van der Waals surface area contributed by atoms with Gasteiger partial charge in [0.25, 0.3) is 5.56 Å². The van der Waals surface area contributed by atoms with Gasteiger partial charge in [-0.3, -0.25) is 4.79 Å². The molecule has 0 N–H and O–H groups in total. The van der Waals surface area contributed by atoms with Gasteiger partial charge in [-0.15, -0.1) is 0 Å². The van der Waals surface area contributed by atoms with Crippen LogP contribution in [0.1, 0.15) is 5.56 Å². The van der Waals surface area contributed by atoms with Gasteiger partial charge in [0.15, 0.2) is 0 Å². The molecule has 4 aromatic rings. The van der Waals surface area contributed by atoms with Crippen LogP contribution in [-0.2, 0) is 6.18 Å². The smallest absolute Gasteiger partial charge is 0.368 e. The lowest BCUT2D eigenvalue weighted by Gasteiger charge is -2.37. The van der Waals surface area contributed by atoms with Crippen molar-refractivity contribution in [3.8, 4) is 5.69 Å². The molecule has 0 spiro atoms. The number of hydrogen-bond donors (Lipinski definition) is 0. The molecule has 2 heterocycles. The standard InChI is InChI=1S/C25H21F3N4O/c26-25(27,28)18-7-6-10-20(17-18)30-13-15-31(16-14-30)24-29-22-12-5-4-11-21(22)23(33)32(24)19-8-2-1-3-9-19/h1-12,17H,13-16H2. The molecule has 0 bridgehead atoms. The molecule has 0 atom stereocenters. The highest BCUT2D eigenvalue weighted by molar-refractivity contribution is 5.79. The molecule has 1 aliphatic rings. The minimum absolute atomic E-state index is 0.151. The summed E-state index contributed by atoms with van der Waals surface area (Å²) in [6.07, 6.45) is -4.38. The van der Waals surface area contributed by atoms with E-state index in [1.807, 2.05) is 58.3 Å². The monoisotopic (exact) mass is 450 g/mol. The fourth-order valence-corrected chi connectivity index (χ4v) is 4.19. The van der Waals surface area contributed by atoms with E-state index in [-0.39, 0.29) is 5.56 Å². The molecule has 8 heteroatoms. The highest BCUT2D eigenvalue weighted by Gasteiger charge is 2.31. The molecule has 0 aliphatic carbocycles. The molecule has 168 valence electrons. The predicted molar refractivity (Wildman–Crippen MR) is 123 cm³/mol. The average Bonchev–Trinajstić information content (AvgIpc) is 2.84. The molecule has 33 heavy (non-hydrogen) atoms. The van der Waals surface area contributed by atoms with E-state index in [1.54, 1.807) is 16.7 Å². The van der Waals surface area contributed by atoms with Crippen LogP contribution in [0.2, 0.25) is 0 Å². The molecule has 1 saturated heterocycles. The maximum absolute atomic E-state index is 13.4. The van der Waals surface area contributed by atoms with Crippen molar-refractivity contribution >= 4 is 22.5 Å². The van der Waals surface area contributed by atoms with Gasteiger partial charge < -0.3 is 9.80 Å². The molecule has 0 radical (unpaired) electrons. The molecule has 3 aromatic carbocycles. The summed E-state index contributed by atoms with van der Waals surface area (Å²) in [4.78, 5) is 22.1. The van der Waals surface area contributed by atoms with Crippen LogP contribution < -0.4 is 15.4 Å². The third-order valence-electron chi connectivity index (χ3n) is 5.87. The van der Waals surface area contributed by atoms with Crippen LogP contribution in [0.3, 0.4) is 0 Å². The van der Waals surface area contributed by atoms with E-state index < -0.39 is 11.7 Å². The Morgan fingerprint density at radius 3 is 2.09 bits per heavy atom. The zero-order valence-corrected chi connectivity index (χ0v) is 17.7. The fraction of sp³-hybridized carbons (Fsp3) is 0.200. The van der Waals surface area contributed by atoms with Crippen molar-refractivity contribution in [1.82, 2.24) is 9.55 Å². The van der Waals surface area contributed by atoms with Crippen LogP contribution in [0, 0.1) is 0 Å². The number of para-hydroxylation sites is 2. The van der Waals surface area contributed by atoms with E-state index in [9.17, 15) is 18.0 Å². The number of anilines is 2. The summed E-state index contributed by atoms with van der Waals surface area (Å²) in [6, 6.07) is 22.0. The van der Waals surface area contributed by atoms with Crippen LogP contribution in [0.4, 0.5) is 24.8 Å². The minimum Gasteiger partial charge on any atom is -0.368 e. The van der Waals surface area contributed by atoms with E-state index in [0.717, 1.165) is 11.8 Å². The Balaban J connectivity index is 1.48. The lowest BCUT2D eigenvalue weighted by Crippen LogP contribution is -2.48. The summed E-state index contributed by atoms with van der Waals surface area (Å²) in [7, 11) is 0. The Morgan fingerprint density at radius 1 is 0.727 bits per heavy atom. The maximum Gasteiger partial charge on any atom is 0.416 e. The average molecular weight is 450 g/mol. The third-order valence-corrected chi connectivity index (χ3v) is 5.87. The first-order chi connectivity index (χ1) is 15.9. The second kappa shape index (κ2) is 8.27. The van der Waals surface area contributed by atoms with Crippen molar-refractivity contribution in [3.05, 3.63) is 94.8 Å². The molecule has 1 fully saturated rings. The largest absolute Gasteiger partial charge is 0.416 e. The lowest BCUT2D eigenvalue weighted by molar-refractivity contribution is -0.137. The zero-order chi connectivity index (χ0) is 23.0. The number of fused-ring (bicyclic) bond motifs is 1. The van der Waals surface area contributed by atoms with Gasteiger partial charge in [0.1, 0.15) is 0 Å². The number of nitrogens with zero attached hydrogens (tertiary/aromatic N) is 4. The minimum atomic E-state index is -4.38. The van der Waals surface area contributed by atoms with E-state index >= 15 is 0 Å². The molecule has 0 unspecified atom stereocenters. The second-order valence-electron chi connectivity index (χ2n) is 7.93. The van der Waals surface area contributed by atoms with Gasteiger partial charge in [-0.25, -0.2) is 9.55 Å². The molecule has 1 aromatic heterocycles. The molecular formula is C25H21F3N4O. The van der Waals surface area contributed by atoms with E-state index in [1.165, 1.54) is 12.1 Å². The first-order valence-electron chi connectivity index (χ1n) is 10.7. The third kappa shape index (κ3) is 4.04. The molecule has 0 saturated carbocycles. The molecular weight excluding hydrogens is 429 g/mol. The number of halogens is 3. The van der Waals surface area contributed by atoms with Gasteiger partial charge in [0.05, 0.1) is 22.2 Å². The quantitative estimate of drug-likeness (QED) is 0.453. The van der Waals surface area contributed by atoms with Crippen molar-refractivity contribution in [3.63, 3.8) is 0 Å². The zero-order valence-electron chi connectivity index (χ0n) is 17.7. The van der Waals surface area contributed by atoms with Crippen molar-refractivity contribution in [2.45, 2.75) is 6.18 Å². The molecule has 0 amide bonds. The van der Waals surface area contributed by atoms with Gasteiger partial charge in [-0.05, 0) is 42.5 Å². The summed E-state index contributed by atoms with van der Waals surface area (Å²) in [5, 5.41) is 0.535. The fourth-order valence-electron chi connectivity index (χ4n) is 4.19. The Hall–Kier alpha value is -3.81. The molecule has 1 aliphatic heterocycles. The van der Waals surface area contributed by atoms with Gasteiger partial charge >= 0.3 is 6.18 Å². The normalized spacial score (nSPS) is 14.6. The van der Waals surface area contributed by atoms with Crippen LogP contribution in [0.15, 0.2) is 83.7 Å². The molecule has 5 nitrogen and oxygen atoms in total. The van der Waals surface area contributed by atoms with E-state index in [2.05, 4.69) is 0 Å². The summed E-state index contributed by atoms with van der Waals surface area (Å²) >= 11 is 0. The molecule has 5 rings (SSSR count). The maximum atomic E-state index is 13.4. The van der Waals surface area contributed by atoms with Crippen LogP contribution in [0.25, 0.3) is 16.6 Å². The number of hydrogen-bond acceptors (Lipinski definition) is 4. The highest BCUT2D eigenvalue weighted by atomic mass is 19.4. The van der Waals surface area contributed by atoms with Crippen LogP contribution in [-0.4, -0.2) is 35.7 Å². The van der Waals surface area contributed by atoms with Crippen molar-refractivity contribution < 1.29 is 13.2 Å². The van der Waals surface area contributed by atoms with Gasteiger partial charge in [-0.1, -0.05) is 36.4 Å². The van der Waals surface area contributed by atoms with E-state index in [4.69, 9.17) is 4.98 Å². The van der Waals surface area contributed by atoms with Crippen molar-refractivity contribution in [1.29, 1.82) is 0 Å². The Morgan fingerprint density at radius 2 is 1.36 bits per heavy atom. The van der Waals surface area contributed by atoms with Crippen LogP contribution in [0.5, 0.6) is 0 Å². The first-order valence-corrected chi connectivity index (χ1v) is 10.7. The highest BCUT2D eigenvalue weighted by Crippen LogP contribution is 2.32. The summed E-state index contributed by atoms with van der Waals surface area (Å²) < 4.78 is 41.0. The lowest BCUT2D eigenvalue weighted by atomic mass is 10.1. The Labute approximate surface area is 188 Å². The topological polar surface area (TPSA) is 41.4 Å². The summed E-state index contributed by atoms with van der Waals surface area (Å²) in [5.41, 5.74) is 1.07. The van der Waals surface area contributed by atoms with Gasteiger partial charge in [0, 0.05) is 31.9 Å². The Kier molecular flexibility index (Phi) is 5.28. The number of rotatable bonds is 3. The number of piperazine rings is 1. The second-order valence-corrected chi connectivity index (χ2v) is 7.93. The Bertz CT molecular complexity index is 1340. The van der Waals surface area contributed by atoms with Crippen molar-refractivity contribution in [2.24, 2.45) is 0 Å². The van der Waals surface area contributed by atoms with Gasteiger partial charge in [0.2, 0.25) is 5.95 Å². The summed E-state index contributed by atoms with van der Waals surface area (Å²) in [5.74, 6) is 0.536. The number of alkyl halides is 3. The number of aromatic nitrogens is 2. The summed E-state index contributed by atoms with van der Waals surface area (Å²) in [6.45, 7) is 2.07. The van der Waals surface area contributed by atoms with E-state index in [0.29, 0.717) is 48.7 Å². The van der Waals surface area contributed by atoms with Crippen molar-refractivity contribution in [2.75, 3.05) is 36.0 Å². The van der Waals surface area contributed by atoms with Gasteiger partial charge in [-0.2, -0.15) is 13.2 Å². The first kappa shape index (κ1) is 21.1. The SMILES string of the molecule is O=c1c2ccccc2nc(N2CCN(c3cccc(C(F)(F)F)c3)CC2)n1-c1ccccc1.